The number of likely N-dealkylation sites (N-methyl/N-ethyl adjacent to an activating group) is 1. The highest BCUT2D eigenvalue weighted by atomic mass is 16.5. The van der Waals surface area contributed by atoms with Crippen LogP contribution in [0.1, 0.15) is 23.7 Å². The van der Waals surface area contributed by atoms with Gasteiger partial charge < -0.3 is 19.9 Å². The molecule has 2 amide bonds. The minimum Gasteiger partial charge on any atom is -0.457 e. The van der Waals surface area contributed by atoms with Crippen molar-refractivity contribution in [2.45, 2.75) is 19.4 Å². The lowest BCUT2D eigenvalue weighted by atomic mass is 10.2. The van der Waals surface area contributed by atoms with Gasteiger partial charge in [0.25, 0.3) is 5.91 Å². The normalized spacial score (nSPS) is 15.3. The van der Waals surface area contributed by atoms with Crippen LogP contribution in [0.15, 0.2) is 78.9 Å². The molecule has 1 aliphatic heterocycles. The number of carbonyl (C=O) groups excluding carboxylic acids is 2. The number of ether oxygens (including phenoxy) is 1. The molecule has 1 saturated heterocycles. The van der Waals surface area contributed by atoms with E-state index >= 15 is 0 Å². The van der Waals surface area contributed by atoms with Crippen LogP contribution in [-0.4, -0.2) is 42.9 Å². The Balaban J connectivity index is 1.37. The van der Waals surface area contributed by atoms with E-state index in [0.29, 0.717) is 11.3 Å². The van der Waals surface area contributed by atoms with Crippen LogP contribution in [0.25, 0.3) is 0 Å². The Morgan fingerprint density at radius 2 is 1.69 bits per heavy atom. The minimum atomic E-state index is -0.194. The Labute approximate surface area is 188 Å². The summed E-state index contributed by atoms with van der Waals surface area (Å²) in [6.45, 7) is 3.32. The first kappa shape index (κ1) is 21.4. The SMILES string of the molecule is CC(=O)N(C)C1CCN(c2ccc(NC(=O)c3cccc(Oc4ccccc4)c3)cc2)C1. The van der Waals surface area contributed by atoms with Crippen molar-refractivity contribution in [3.05, 3.63) is 84.4 Å². The second-order valence-corrected chi connectivity index (χ2v) is 7.96. The van der Waals surface area contributed by atoms with Gasteiger partial charge in [-0.1, -0.05) is 24.3 Å². The fourth-order valence-electron chi connectivity index (χ4n) is 3.83. The predicted octanol–water partition coefficient (Wildman–Crippen LogP) is 4.79. The number of benzene rings is 3. The number of para-hydroxylation sites is 1. The van der Waals surface area contributed by atoms with Crippen molar-refractivity contribution in [1.82, 2.24) is 4.90 Å². The van der Waals surface area contributed by atoms with Gasteiger partial charge in [0.15, 0.2) is 0 Å². The van der Waals surface area contributed by atoms with E-state index < -0.39 is 0 Å². The Kier molecular flexibility index (Phi) is 6.40. The summed E-state index contributed by atoms with van der Waals surface area (Å²) in [6, 6.07) is 24.6. The molecule has 0 bridgehead atoms. The standard InChI is InChI=1S/C26H27N3O3/c1-19(30)28(2)23-15-16-29(18-23)22-13-11-21(12-14-22)27-26(31)20-7-6-10-25(17-20)32-24-8-4-3-5-9-24/h3-14,17,23H,15-16,18H2,1-2H3,(H,27,31). The number of carbonyl (C=O) groups is 2. The molecule has 0 spiro atoms. The van der Waals surface area contributed by atoms with Crippen molar-refractivity contribution in [3.8, 4) is 11.5 Å². The van der Waals surface area contributed by atoms with Crippen LogP contribution in [0.5, 0.6) is 11.5 Å². The third-order valence-corrected chi connectivity index (χ3v) is 5.77. The highest BCUT2D eigenvalue weighted by Crippen LogP contribution is 2.25. The molecule has 3 aromatic rings. The molecule has 0 saturated carbocycles. The van der Waals surface area contributed by atoms with Gasteiger partial charge >= 0.3 is 0 Å². The van der Waals surface area contributed by atoms with Crippen molar-refractivity contribution < 1.29 is 14.3 Å². The number of anilines is 2. The van der Waals surface area contributed by atoms with E-state index in [2.05, 4.69) is 10.2 Å². The van der Waals surface area contributed by atoms with E-state index in [4.69, 9.17) is 4.74 Å². The van der Waals surface area contributed by atoms with Crippen LogP contribution in [-0.2, 0) is 4.79 Å². The zero-order valence-electron chi connectivity index (χ0n) is 18.3. The second-order valence-electron chi connectivity index (χ2n) is 7.96. The fourth-order valence-corrected chi connectivity index (χ4v) is 3.83. The molecule has 32 heavy (non-hydrogen) atoms. The summed E-state index contributed by atoms with van der Waals surface area (Å²) in [5, 5.41) is 2.94. The summed E-state index contributed by atoms with van der Waals surface area (Å²) in [4.78, 5) is 28.4. The quantitative estimate of drug-likeness (QED) is 0.612. The van der Waals surface area contributed by atoms with Gasteiger partial charge in [0.1, 0.15) is 11.5 Å². The first-order valence-corrected chi connectivity index (χ1v) is 10.7. The maximum absolute atomic E-state index is 12.7. The van der Waals surface area contributed by atoms with Gasteiger partial charge in [-0.2, -0.15) is 0 Å². The van der Waals surface area contributed by atoms with Gasteiger partial charge in [0.05, 0.1) is 6.04 Å². The van der Waals surface area contributed by atoms with Gasteiger partial charge in [-0.3, -0.25) is 9.59 Å². The van der Waals surface area contributed by atoms with Crippen LogP contribution < -0.4 is 15.0 Å². The highest BCUT2D eigenvalue weighted by molar-refractivity contribution is 6.04. The van der Waals surface area contributed by atoms with Crippen molar-refractivity contribution in [2.75, 3.05) is 30.4 Å². The third-order valence-electron chi connectivity index (χ3n) is 5.77. The molecule has 164 valence electrons. The molecule has 6 nitrogen and oxygen atoms in total. The molecule has 1 heterocycles. The summed E-state index contributed by atoms with van der Waals surface area (Å²) in [6.07, 6.45) is 0.954. The van der Waals surface area contributed by atoms with E-state index in [0.717, 1.165) is 36.6 Å². The Bertz CT molecular complexity index is 1080. The first-order valence-electron chi connectivity index (χ1n) is 10.7. The topological polar surface area (TPSA) is 61.9 Å². The van der Waals surface area contributed by atoms with Crippen molar-refractivity contribution >= 4 is 23.2 Å². The summed E-state index contributed by atoms with van der Waals surface area (Å²) in [5.41, 5.74) is 2.34. The summed E-state index contributed by atoms with van der Waals surface area (Å²) in [5.74, 6) is 1.23. The van der Waals surface area contributed by atoms with Crippen molar-refractivity contribution in [3.63, 3.8) is 0 Å². The van der Waals surface area contributed by atoms with Crippen molar-refractivity contribution in [2.24, 2.45) is 0 Å². The Morgan fingerprint density at radius 3 is 2.41 bits per heavy atom. The maximum atomic E-state index is 12.7. The summed E-state index contributed by atoms with van der Waals surface area (Å²) in [7, 11) is 1.86. The van der Waals surface area contributed by atoms with E-state index in [9.17, 15) is 9.59 Å². The van der Waals surface area contributed by atoms with Gasteiger partial charge in [0.2, 0.25) is 5.91 Å². The van der Waals surface area contributed by atoms with Crippen LogP contribution in [0.2, 0.25) is 0 Å². The number of nitrogens with one attached hydrogen (secondary N) is 1. The van der Waals surface area contributed by atoms with E-state index in [-0.39, 0.29) is 17.9 Å². The number of hydrogen-bond donors (Lipinski definition) is 1. The second kappa shape index (κ2) is 9.56. The monoisotopic (exact) mass is 429 g/mol. The maximum Gasteiger partial charge on any atom is 0.255 e. The molecule has 1 aliphatic rings. The van der Waals surface area contributed by atoms with E-state index in [1.165, 1.54) is 0 Å². The predicted molar refractivity (Wildman–Crippen MR) is 126 cm³/mol. The largest absolute Gasteiger partial charge is 0.457 e. The molecule has 0 radical (unpaired) electrons. The zero-order chi connectivity index (χ0) is 22.5. The van der Waals surface area contributed by atoms with E-state index in [1.54, 1.807) is 25.1 Å². The van der Waals surface area contributed by atoms with Gasteiger partial charge in [0, 0.05) is 44.0 Å². The number of rotatable bonds is 6. The molecule has 4 rings (SSSR count). The van der Waals surface area contributed by atoms with Gasteiger partial charge in [-0.05, 0) is 61.0 Å². The molecule has 0 aromatic heterocycles. The third kappa shape index (κ3) is 5.09. The lowest BCUT2D eigenvalue weighted by Crippen LogP contribution is -2.37. The van der Waals surface area contributed by atoms with E-state index in [1.807, 2.05) is 72.6 Å². The minimum absolute atomic E-state index is 0.0909. The number of hydrogen-bond acceptors (Lipinski definition) is 4. The first-order chi connectivity index (χ1) is 15.5. The van der Waals surface area contributed by atoms with Crippen LogP contribution >= 0.6 is 0 Å². The molecular weight excluding hydrogens is 402 g/mol. The number of amides is 2. The lowest BCUT2D eigenvalue weighted by Gasteiger charge is -2.24. The molecule has 1 atom stereocenters. The molecule has 1 fully saturated rings. The smallest absolute Gasteiger partial charge is 0.255 e. The van der Waals surface area contributed by atoms with Crippen molar-refractivity contribution in [1.29, 1.82) is 0 Å². The van der Waals surface area contributed by atoms with Crippen LogP contribution in [0, 0.1) is 0 Å². The van der Waals surface area contributed by atoms with Crippen LogP contribution in [0.4, 0.5) is 11.4 Å². The van der Waals surface area contributed by atoms with Gasteiger partial charge in [-0.15, -0.1) is 0 Å². The van der Waals surface area contributed by atoms with Gasteiger partial charge in [-0.25, -0.2) is 0 Å². The number of nitrogens with zero attached hydrogens (tertiary/aromatic N) is 2. The molecule has 1 unspecified atom stereocenters. The Hall–Kier alpha value is -3.80. The molecule has 1 N–H and O–H groups in total. The average molecular weight is 430 g/mol. The molecule has 6 heteroatoms. The fraction of sp³-hybridized carbons (Fsp3) is 0.231. The Morgan fingerprint density at radius 1 is 0.969 bits per heavy atom. The highest BCUT2D eigenvalue weighted by Gasteiger charge is 2.27. The summed E-state index contributed by atoms with van der Waals surface area (Å²) >= 11 is 0. The molecular formula is C26H27N3O3. The molecule has 3 aromatic carbocycles. The van der Waals surface area contributed by atoms with Crippen LogP contribution in [0.3, 0.4) is 0 Å². The summed E-state index contributed by atoms with van der Waals surface area (Å²) < 4.78 is 5.82. The molecule has 0 aliphatic carbocycles. The lowest BCUT2D eigenvalue weighted by molar-refractivity contribution is -0.129. The average Bonchev–Trinajstić information content (AvgIpc) is 3.30. The zero-order valence-corrected chi connectivity index (χ0v) is 18.3.